The fourth-order valence-corrected chi connectivity index (χ4v) is 6.00. The average Bonchev–Trinajstić information content (AvgIpc) is 3.04. The van der Waals surface area contributed by atoms with Gasteiger partial charge in [0.1, 0.15) is 0 Å². The molecule has 0 amide bonds. The monoisotopic (exact) mass is 480 g/mol. The largest absolute Gasteiger partial charge is 0.481 e. The second kappa shape index (κ2) is 8.47. The summed E-state index contributed by atoms with van der Waals surface area (Å²) in [5.74, 6) is -1.01. The molecule has 1 aliphatic rings. The van der Waals surface area contributed by atoms with Crippen LogP contribution in [-0.4, -0.2) is 29.9 Å². The number of hydrogen-bond acceptors (Lipinski definition) is 3. The molecule has 6 nitrogen and oxygen atoms in total. The van der Waals surface area contributed by atoms with Gasteiger partial charge in [-0.1, -0.05) is 29.8 Å². The molecule has 0 bridgehead atoms. The number of hydrogen-bond donors (Lipinski definition) is 3. The van der Waals surface area contributed by atoms with Gasteiger partial charge in [0.05, 0.1) is 17.0 Å². The van der Waals surface area contributed by atoms with Gasteiger partial charge < -0.3 is 10.1 Å². The molecule has 0 saturated heterocycles. The summed E-state index contributed by atoms with van der Waals surface area (Å²) in [7, 11) is -4.09. The summed E-state index contributed by atoms with van der Waals surface area (Å²) in [5, 5.41) is 16.4. The zero-order chi connectivity index (χ0) is 22.3. The van der Waals surface area contributed by atoms with Crippen LogP contribution in [0.25, 0.3) is 22.2 Å². The van der Waals surface area contributed by atoms with E-state index in [1.54, 1.807) is 36.4 Å². The SMILES string of the molecule is NS(=O)(=O)c1c(-c2[nH]c3ccc(Cl)cc3c2CC(=O)O)cccc1C1CCC(Cl)CC1. The van der Waals surface area contributed by atoms with E-state index in [1.807, 2.05) is 0 Å². The molecule has 0 aliphatic heterocycles. The third-order valence-electron chi connectivity index (χ3n) is 5.89. The predicted octanol–water partition coefficient (Wildman–Crippen LogP) is 5.03. The summed E-state index contributed by atoms with van der Waals surface area (Å²) in [4.78, 5) is 14.8. The molecule has 1 fully saturated rings. The second-order valence-electron chi connectivity index (χ2n) is 7.96. The van der Waals surface area contributed by atoms with E-state index >= 15 is 0 Å². The molecule has 2 aromatic carbocycles. The number of nitrogens with one attached hydrogen (secondary N) is 1. The lowest BCUT2D eigenvalue weighted by Crippen LogP contribution is -2.20. The minimum Gasteiger partial charge on any atom is -0.481 e. The average molecular weight is 481 g/mol. The Kier molecular flexibility index (Phi) is 6.05. The van der Waals surface area contributed by atoms with Crippen molar-refractivity contribution in [2.24, 2.45) is 5.14 Å². The minimum atomic E-state index is -4.09. The van der Waals surface area contributed by atoms with Gasteiger partial charge in [-0.05, 0) is 60.9 Å². The molecular formula is C22H22Cl2N2O4S. The maximum atomic E-state index is 12.8. The van der Waals surface area contributed by atoms with E-state index in [4.69, 9.17) is 28.3 Å². The number of nitrogens with two attached hydrogens (primary N) is 1. The second-order valence-corrected chi connectivity index (χ2v) is 10.5. The number of carboxylic acids is 1. The van der Waals surface area contributed by atoms with Crippen molar-refractivity contribution >= 4 is 50.1 Å². The maximum absolute atomic E-state index is 12.8. The van der Waals surface area contributed by atoms with Crippen LogP contribution in [0.5, 0.6) is 0 Å². The van der Waals surface area contributed by atoms with Gasteiger partial charge in [0.2, 0.25) is 10.0 Å². The van der Waals surface area contributed by atoms with Crippen LogP contribution in [-0.2, 0) is 21.2 Å². The van der Waals surface area contributed by atoms with Crippen molar-refractivity contribution in [3.05, 3.63) is 52.5 Å². The first-order valence-electron chi connectivity index (χ1n) is 9.97. The lowest BCUT2D eigenvalue weighted by molar-refractivity contribution is -0.136. The van der Waals surface area contributed by atoms with E-state index in [9.17, 15) is 18.3 Å². The van der Waals surface area contributed by atoms with Crippen molar-refractivity contribution in [2.75, 3.05) is 0 Å². The summed E-state index contributed by atoms with van der Waals surface area (Å²) < 4.78 is 25.5. The number of aromatic amines is 1. The Morgan fingerprint density at radius 1 is 1.16 bits per heavy atom. The number of halogens is 2. The van der Waals surface area contributed by atoms with Crippen LogP contribution in [0.15, 0.2) is 41.3 Å². The molecule has 4 N–H and O–H groups in total. The lowest BCUT2D eigenvalue weighted by atomic mass is 9.83. The highest BCUT2D eigenvalue weighted by Crippen LogP contribution is 2.42. The highest BCUT2D eigenvalue weighted by molar-refractivity contribution is 7.89. The maximum Gasteiger partial charge on any atom is 0.307 e. The van der Waals surface area contributed by atoms with E-state index < -0.39 is 16.0 Å². The summed E-state index contributed by atoms with van der Waals surface area (Å²) in [6.45, 7) is 0. The topological polar surface area (TPSA) is 113 Å². The first-order valence-corrected chi connectivity index (χ1v) is 12.3. The van der Waals surface area contributed by atoms with Crippen molar-refractivity contribution in [1.82, 2.24) is 4.98 Å². The molecule has 0 unspecified atom stereocenters. The Morgan fingerprint density at radius 3 is 2.52 bits per heavy atom. The number of fused-ring (bicyclic) bond motifs is 1. The van der Waals surface area contributed by atoms with Crippen molar-refractivity contribution in [3.63, 3.8) is 0 Å². The minimum absolute atomic E-state index is 0.0185. The lowest BCUT2D eigenvalue weighted by Gasteiger charge is -2.27. The van der Waals surface area contributed by atoms with E-state index in [1.165, 1.54) is 0 Å². The predicted molar refractivity (Wildman–Crippen MR) is 122 cm³/mol. The van der Waals surface area contributed by atoms with Crippen LogP contribution in [0.1, 0.15) is 42.7 Å². The third-order valence-corrected chi connectivity index (χ3v) is 7.59. The highest BCUT2D eigenvalue weighted by Gasteiger charge is 2.30. The number of H-pyrrole nitrogens is 1. The van der Waals surface area contributed by atoms with Gasteiger partial charge in [0.15, 0.2) is 0 Å². The number of alkyl halides is 1. The molecule has 0 spiro atoms. The quantitative estimate of drug-likeness (QED) is 0.444. The summed E-state index contributed by atoms with van der Waals surface area (Å²) in [5.41, 5.74) is 2.59. The van der Waals surface area contributed by atoms with Gasteiger partial charge in [-0.2, -0.15) is 0 Å². The number of rotatable bonds is 5. The molecular weight excluding hydrogens is 459 g/mol. The molecule has 0 atom stereocenters. The van der Waals surface area contributed by atoms with Gasteiger partial charge in [-0.15, -0.1) is 11.6 Å². The van der Waals surface area contributed by atoms with Gasteiger partial charge in [0.25, 0.3) is 0 Å². The zero-order valence-electron chi connectivity index (χ0n) is 16.6. The molecule has 164 valence electrons. The number of aliphatic carboxylic acids is 1. The molecule has 1 heterocycles. The van der Waals surface area contributed by atoms with E-state index in [0.29, 0.717) is 38.3 Å². The Labute approximate surface area is 190 Å². The van der Waals surface area contributed by atoms with Crippen molar-refractivity contribution in [3.8, 4) is 11.3 Å². The first kappa shape index (κ1) is 22.1. The number of carbonyl (C=O) groups is 1. The molecule has 0 radical (unpaired) electrons. The van der Waals surface area contributed by atoms with E-state index in [2.05, 4.69) is 4.98 Å². The number of aromatic nitrogens is 1. The zero-order valence-corrected chi connectivity index (χ0v) is 18.9. The van der Waals surface area contributed by atoms with Crippen LogP contribution in [0.4, 0.5) is 0 Å². The summed E-state index contributed by atoms with van der Waals surface area (Å²) in [6, 6.07) is 10.4. The summed E-state index contributed by atoms with van der Waals surface area (Å²) >= 11 is 12.4. The molecule has 1 saturated carbocycles. The third kappa shape index (κ3) is 4.46. The van der Waals surface area contributed by atoms with Crippen LogP contribution in [0.2, 0.25) is 5.02 Å². The number of primary sulfonamides is 1. The Bertz CT molecular complexity index is 1260. The van der Waals surface area contributed by atoms with E-state index in [0.717, 1.165) is 25.7 Å². The fourth-order valence-electron chi connectivity index (χ4n) is 4.54. The number of sulfonamides is 1. The van der Waals surface area contributed by atoms with Crippen molar-refractivity contribution in [2.45, 2.75) is 48.3 Å². The molecule has 1 aliphatic carbocycles. The van der Waals surface area contributed by atoms with Gasteiger partial charge in [0, 0.05) is 26.9 Å². The van der Waals surface area contributed by atoms with Gasteiger partial charge in [-0.25, -0.2) is 13.6 Å². The van der Waals surface area contributed by atoms with Crippen molar-refractivity contribution < 1.29 is 18.3 Å². The molecule has 31 heavy (non-hydrogen) atoms. The Morgan fingerprint density at radius 2 is 1.87 bits per heavy atom. The first-order chi connectivity index (χ1) is 14.6. The molecule has 3 aromatic rings. The van der Waals surface area contributed by atoms with Crippen LogP contribution < -0.4 is 5.14 Å². The van der Waals surface area contributed by atoms with Crippen molar-refractivity contribution in [1.29, 1.82) is 0 Å². The molecule has 9 heteroatoms. The highest BCUT2D eigenvalue weighted by atomic mass is 35.5. The summed E-state index contributed by atoms with van der Waals surface area (Å²) in [6.07, 6.45) is 2.85. The van der Waals surface area contributed by atoms with E-state index in [-0.39, 0.29) is 22.6 Å². The number of benzene rings is 2. The van der Waals surface area contributed by atoms with Crippen LogP contribution in [0.3, 0.4) is 0 Å². The van der Waals surface area contributed by atoms with Gasteiger partial charge >= 0.3 is 5.97 Å². The normalized spacial score (nSPS) is 19.6. The smallest absolute Gasteiger partial charge is 0.307 e. The number of carboxylic acid groups (broad SMARTS) is 1. The Balaban J connectivity index is 1.97. The molecule has 1 aromatic heterocycles. The van der Waals surface area contributed by atoms with Crippen LogP contribution in [0, 0.1) is 0 Å². The molecule has 4 rings (SSSR count). The fraction of sp³-hybridized carbons (Fsp3) is 0.318. The standard InChI is InChI=1S/C22H22Cl2N2O4S/c23-13-6-4-12(5-7-13)15-2-1-3-16(22(15)31(25,29)30)21-18(11-20(27)28)17-10-14(24)8-9-19(17)26-21/h1-3,8-10,12-13,26H,4-7,11H2,(H,27,28)(H2,25,29,30). The Hall–Kier alpha value is -2.06. The van der Waals surface area contributed by atoms with Gasteiger partial charge in [-0.3, -0.25) is 4.79 Å². The van der Waals surface area contributed by atoms with Crippen LogP contribution >= 0.6 is 23.2 Å².